The number of benzene rings is 2. The zero-order chi connectivity index (χ0) is 21.7. The van der Waals surface area contributed by atoms with Gasteiger partial charge in [-0.25, -0.2) is 4.98 Å². The summed E-state index contributed by atoms with van der Waals surface area (Å²) in [5, 5.41) is 1.19. The second-order valence-electron chi connectivity index (χ2n) is 9.40. The van der Waals surface area contributed by atoms with Gasteiger partial charge in [-0.05, 0) is 53.9 Å². The minimum atomic E-state index is 0.139. The largest absolute Gasteiger partial charge is 0.361 e. The number of piperidine rings is 1. The molecule has 5 heteroatoms. The van der Waals surface area contributed by atoms with Crippen LogP contribution in [0.25, 0.3) is 22.2 Å². The van der Waals surface area contributed by atoms with Gasteiger partial charge in [-0.3, -0.25) is 4.98 Å². The van der Waals surface area contributed by atoms with Crippen molar-refractivity contribution in [1.29, 1.82) is 0 Å². The molecule has 0 radical (unpaired) electrons. The quantitative estimate of drug-likeness (QED) is 0.485. The molecule has 3 N–H and O–H groups in total. The second kappa shape index (κ2) is 7.45. The molecule has 1 saturated heterocycles. The molecule has 1 atom stereocenters. The van der Waals surface area contributed by atoms with Crippen LogP contribution in [-0.4, -0.2) is 28.0 Å². The molecule has 6 rings (SSSR count). The van der Waals surface area contributed by atoms with Crippen molar-refractivity contribution in [3.63, 3.8) is 0 Å². The second-order valence-corrected chi connectivity index (χ2v) is 9.40. The molecule has 32 heavy (non-hydrogen) atoms. The number of H-pyrrole nitrogens is 1. The summed E-state index contributed by atoms with van der Waals surface area (Å²) in [6.45, 7) is 4.17. The number of nitrogens with one attached hydrogen (secondary N) is 1. The summed E-state index contributed by atoms with van der Waals surface area (Å²) in [6.07, 6.45) is 10.2. The minimum Gasteiger partial charge on any atom is -0.361 e. The summed E-state index contributed by atoms with van der Waals surface area (Å²) in [4.78, 5) is 15.2. The van der Waals surface area contributed by atoms with Crippen LogP contribution in [0.15, 0.2) is 61.1 Å². The average Bonchev–Trinajstić information content (AvgIpc) is 3.42. The summed E-state index contributed by atoms with van der Waals surface area (Å²) in [7, 11) is 0. The molecule has 2 aliphatic rings. The molecule has 1 aliphatic heterocycles. The Morgan fingerprint density at radius 1 is 1.09 bits per heavy atom. The van der Waals surface area contributed by atoms with E-state index >= 15 is 0 Å². The van der Waals surface area contributed by atoms with Crippen LogP contribution in [0, 0.1) is 5.41 Å². The van der Waals surface area contributed by atoms with Crippen LogP contribution < -0.4 is 10.6 Å². The Morgan fingerprint density at radius 3 is 2.75 bits per heavy atom. The molecule has 162 valence electrons. The number of aryl methyl sites for hydroxylation is 1. The smallest absolute Gasteiger partial charge is 0.147 e. The molecule has 0 bridgehead atoms. The van der Waals surface area contributed by atoms with Gasteiger partial charge in [0.25, 0.3) is 0 Å². The maximum Gasteiger partial charge on any atom is 0.147 e. The molecule has 1 fully saturated rings. The van der Waals surface area contributed by atoms with Crippen LogP contribution in [-0.2, 0) is 12.8 Å². The maximum atomic E-state index is 6.80. The Morgan fingerprint density at radius 2 is 1.97 bits per heavy atom. The highest BCUT2D eigenvalue weighted by Crippen LogP contribution is 2.51. The molecular weight excluding hydrogens is 394 g/mol. The topological polar surface area (TPSA) is 70.8 Å². The lowest BCUT2D eigenvalue weighted by atomic mass is 9.73. The van der Waals surface area contributed by atoms with E-state index < -0.39 is 0 Å². The van der Waals surface area contributed by atoms with Crippen LogP contribution in [0.1, 0.15) is 42.5 Å². The van der Waals surface area contributed by atoms with Crippen molar-refractivity contribution in [2.45, 2.75) is 38.6 Å². The molecule has 5 nitrogen and oxygen atoms in total. The Balaban J connectivity index is 1.19. The highest BCUT2D eigenvalue weighted by Gasteiger charge is 2.46. The molecular formula is C27H29N5. The average molecular weight is 424 g/mol. The van der Waals surface area contributed by atoms with Gasteiger partial charge in [-0.1, -0.05) is 43.3 Å². The van der Waals surface area contributed by atoms with Crippen molar-refractivity contribution in [2.75, 3.05) is 18.0 Å². The van der Waals surface area contributed by atoms with Gasteiger partial charge in [0.15, 0.2) is 0 Å². The lowest BCUT2D eigenvalue weighted by molar-refractivity contribution is 0.187. The molecule has 2 aromatic carbocycles. The predicted molar refractivity (Wildman–Crippen MR) is 130 cm³/mol. The van der Waals surface area contributed by atoms with Crippen molar-refractivity contribution >= 4 is 16.7 Å². The third-order valence-corrected chi connectivity index (χ3v) is 7.74. The molecule has 0 amide bonds. The Hall–Kier alpha value is -3.18. The first-order chi connectivity index (χ1) is 15.7. The van der Waals surface area contributed by atoms with E-state index in [1.54, 1.807) is 0 Å². The van der Waals surface area contributed by atoms with Gasteiger partial charge in [-0.15, -0.1) is 0 Å². The highest BCUT2D eigenvalue weighted by atomic mass is 15.2. The highest BCUT2D eigenvalue weighted by molar-refractivity contribution is 5.93. The number of nitrogens with zero attached hydrogens (tertiary/aromatic N) is 3. The Labute approximate surface area is 188 Å². The first kappa shape index (κ1) is 19.5. The zero-order valence-corrected chi connectivity index (χ0v) is 18.5. The summed E-state index contributed by atoms with van der Waals surface area (Å²) >= 11 is 0. The summed E-state index contributed by atoms with van der Waals surface area (Å²) in [5.74, 6) is 0.958. The van der Waals surface area contributed by atoms with Crippen molar-refractivity contribution in [3.8, 4) is 11.3 Å². The number of fused-ring (bicyclic) bond motifs is 2. The fraction of sp³-hybridized carbons (Fsp3) is 0.333. The van der Waals surface area contributed by atoms with Crippen LogP contribution >= 0.6 is 0 Å². The SMILES string of the molecule is CCc1ccc2c(c1)CC1(CCN(c3cnc(-c4cccc5cc[nH]c45)cn3)CC1)[C@@H]2N. The fourth-order valence-corrected chi connectivity index (χ4v) is 5.75. The van der Waals surface area contributed by atoms with Gasteiger partial charge in [0, 0.05) is 36.3 Å². The third-order valence-electron chi connectivity index (χ3n) is 7.74. The number of nitrogens with two attached hydrogens (primary N) is 1. The molecule has 1 aliphatic carbocycles. The number of rotatable bonds is 3. The molecule has 4 aromatic rings. The van der Waals surface area contributed by atoms with Gasteiger partial charge in [-0.2, -0.15) is 0 Å². The standard InChI is InChI=1S/C27H29N5/c1-2-18-6-7-21-20(14-18)15-27(26(21)28)9-12-32(13-10-27)24-17-30-23(16-31-24)22-5-3-4-19-8-11-29-25(19)22/h3-8,11,14,16-17,26,29H,2,9-10,12-13,15,28H2,1H3/t26-/m1/s1. The van der Waals surface area contributed by atoms with Crippen molar-refractivity contribution in [2.24, 2.45) is 11.1 Å². The van der Waals surface area contributed by atoms with E-state index in [9.17, 15) is 0 Å². The van der Waals surface area contributed by atoms with Gasteiger partial charge >= 0.3 is 0 Å². The Bertz CT molecular complexity index is 1260. The maximum absolute atomic E-state index is 6.80. The zero-order valence-electron chi connectivity index (χ0n) is 18.5. The minimum absolute atomic E-state index is 0.139. The lowest BCUT2D eigenvalue weighted by Crippen LogP contribution is -2.44. The normalized spacial score (nSPS) is 19.6. The number of para-hydroxylation sites is 1. The number of aromatic amines is 1. The monoisotopic (exact) mass is 423 g/mol. The number of anilines is 1. The first-order valence-corrected chi connectivity index (χ1v) is 11.7. The van der Waals surface area contributed by atoms with Crippen molar-refractivity contribution < 1.29 is 0 Å². The van der Waals surface area contributed by atoms with Gasteiger partial charge in [0.05, 0.1) is 23.6 Å². The van der Waals surface area contributed by atoms with Gasteiger partial charge in [0.2, 0.25) is 0 Å². The summed E-state index contributed by atoms with van der Waals surface area (Å²) in [5.41, 5.74) is 14.3. The van der Waals surface area contributed by atoms with Crippen molar-refractivity contribution in [3.05, 3.63) is 77.7 Å². The Kier molecular flexibility index (Phi) is 4.54. The van der Waals surface area contributed by atoms with Crippen LogP contribution in [0.5, 0.6) is 0 Å². The lowest BCUT2D eigenvalue weighted by Gasteiger charge is -2.42. The third kappa shape index (κ3) is 3.03. The number of hydrogen-bond donors (Lipinski definition) is 2. The molecule has 0 unspecified atom stereocenters. The number of hydrogen-bond acceptors (Lipinski definition) is 4. The van der Waals surface area contributed by atoms with Crippen LogP contribution in [0.4, 0.5) is 5.82 Å². The molecule has 3 heterocycles. The van der Waals surface area contributed by atoms with E-state index in [-0.39, 0.29) is 11.5 Å². The van der Waals surface area contributed by atoms with Gasteiger partial charge in [0.1, 0.15) is 5.82 Å². The van der Waals surface area contributed by atoms with E-state index in [1.165, 1.54) is 22.1 Å². The van der Waals surface area contributed by atoms with Crippen LogP contribution in [0.3, 0.4) is 0 Å². The molecule has 0 saturated carbocycles. The van der Waals surface area contributed by atoms with E-state index in [4.69, 9.17) is 15.7 Å². The summed E-state index contributed by atoms with van der Waals surface area (Å²) in [6, 6.07) is 15.4. The fourth-order valence-electron chi connectivity index (χ4n) is 5.75. The summed E-state index contributed by atoms with van der Waals surface area (Å²) < 4.78 is 0. The number of aromatic nitrogens is 3. The van der Waals surface area contributed by atoms with E-state index in [2.05, 4.69) is 59.3 Å². The van der Waals surface area contributed by atoms with Crippen molar-refractivity contribution in [1.82, 2.24) is 15.0 Å². The van der Waals surface area contributed by atoms with E-state index in [1.807, 2.05) is 18.6 Å². The van der Waals surface area contributed by atoms with Crippen LogP contribution in [0.2, 0.25) is 0 Å². The molecule has 2 aromatic heterocycles. The van der Waals surface area contributed by atoms with E-state index in [0.29, 0.717) is 0 Å². The first-order valence-electron chi connectivity index (χ1n) is 11.7. The van der Waals surface area contributed by atoms with E-state index in [0.717, 1.165) is 61.4 Å². The van der Waals surface area contributed by atoms with Gasteiger partial charge < -0.3 is 15.6 Å². The molecule has 1 spiro atoms. The predicted octanol–water partition coefficient (Wildman–Crippen LogP) is 5.03.